The molecule has 0 radical (unpaired) electrons. The maximum Gasteiger partial charge on any atom is 2.00 e. The van der Waals surface area contributed by atoms with E-state index in [9.17, 15) is 43.7 Å². The molecule has 3 aromatic heterocycles. The molecule has 4 aromatic carbocycles. The van der Waals surface area contributed by atoms with E-state index >= 15 is 0 Å². The first-order valence-corrected chi connectivity index (χ1v) is 35.6. The summed E-state index contributed by atoms with van der Waals surface area (Å²) in [5.74, 6) is 4.41. The van der Waals surface area contributed by atoms with E-state index in [0.29, 0.717) is 112 Å². The Balaban J connectivity index is 0.00000265. The molecule has 95 heavy (non-hydrogen) atoms. The summed E-state index contributed by atoms with van der Waals surface area (Å²) in [7, 11) is -14.5. The van der Waals surface area contributed by atoms with Gasteiger partial charge in [0, 0.05) is 12.1 Å². The second-order valence-corrected chi connectivity index (χ2v) is 30.7. The maximum atomic E-state index is 13.9. The van der Waals surface area contributed by atoms with Gasteiger partial charge in [-0.1, -0.05) is 138 Å². The molecule has 0 saturated heterocycles. The summed E-state index contributed by atoms with van der Waals surface area (Å²) in [6.07, 6.45) is 21.6. The standard InChI is InChI=1S/C72H74N5O11S3.3Na.Zn/c1-42(2)7-6-8-43(3)55-27-28-56-54-26-17-48-41-50(37-39-71(48,4)57(54)38-40-72(55,56)5)88-70(78)73-49-18-9-44(10-19-49)66-58-29-31-60(74-58)67(45-11-20-51(21-12-45)89(79,80)81)62-33-35-64(76-62)69(47-15-24-53(25-16-47)91(85,86)87)65-36-34-63(77-65)68(61-32-30-59(66)75-61)46-13-22-52(23-14-46)90(82,83)84;;;;/h9-25,29-36,42-43,50,54-57H,6-8,26-28,37-41H2,1-5H3,(H5-,73,74,75,76,77,78,79,80,81,82,83,84,85,86,87);;;;/q-1;3*+1;+2/p-4/t43-,50+,54+,55-,56+,57+,71+,72-;;;;/m1..../s1. The summed E-state index contributed by atoms with van der Waals surface area (Å²) in [6, 6.07) is 30.5. The minimum Gasteiger partial charge on any atom is -0.744 e. The second-order valence-electron chi connectivity index (χ2n) is 26.6. The molecule has 6 aliphatic rings. The van der Waals surface area contributed by atoms with Gasteiger partial charge in [0.15, 0.2) is 0 Å². The fourth-order valence-electron chi connectivity index (χ4n) is 16.4. The van der Waals surface area contributed by atoms with Gasteiger partial charge in [0.25, 0.3) is 0 Å². The summed E-state index contributed by atoms with van der Waals surface area (Å²) >= 11 is 0. The van der Waals surface area contributed by atoms with Crippen LogP contribution < -0.4 is 104 Å². The van der Waals surface area contributed by atoms with Crippen molar-refractivity contribution in [3.05, 3.63) is 156 Å². The van der Waals surface area contributed by atoms with Gasteiger partial charge in [0.1, 0.15) is 36.5 Å². The summed E-state index contributed by atoms with van der Waals surface area (Å²) in [5.41, 5.74) is 9.59. The van der Waals surface area contributed by atoms with Gasteiger partial charge < -0.3 is 28.4 Å². The molecule has 1 N–H and O–H groups in total. The quantitative estimate of drug-likeness (QED) is 0.0715. The number of carbonyl (C=O) groups is 1. The zero-order valence-corrected chi connectivity index (χ0v) is 66.4. The second kappa shape index (κ2) is 29.6. The molecular weight excluding hydrogens is 1340 g/mol. The average Bonchev–Trinajstić information content (AvgIpc) is 1.70. The number of anilines is 1. The third-order valence-corrected chi connectivity index (χ3v) is 23.4. The predicted octanol–water partition coefficient (Wildman–Crippen LogP) is 6.26. The van der Waals surface area contributed by atoms with E-state index in [-0.39, 0.29) is 120 Å². The molecule has 5 heterocycles. The summed E-state index contributed by atoms with van der Waals surface area (Å²) < 4.78 is 115. The van der Waals surface area contributed by atoms with E-state index in [2.05, 4.69) is 46.0 Å². The largest absolute Gasteiger partial charge is 2.00 e. The monoisotopic (exact) mass is 1410 g/mol. The molecule has 7 aromatic rings. The number of aromatic nitrogens is 4. The number of hydrogen-bond donors (Lipinski definition) is 1. The van der Waals surface area contributed by atoms with Crippen LogP contribution in [-0.4, -0.2) is 61.1 Å². The summed E-state index contributed by atoms with van der Waals surface area (Å²) in [4.78, 5) is 33.3. The van der Waals surface area contributed by atoms with Crippen LogP contribution in [0.4, 0.5) is 10.5 Å². The minimum absolute atomic E-state index is 0. The van der Waals surface area contributed by atoms with Crippen molar-refractivity contribution in [2.45, 2.75) is 126 Å². The first-order valence-electron chi connectivity index (χ1n) is 31.3. The van der Waals surface area contributed by atoms with E-state index in [1.165, 1.54) is 123 Å². The Morgan fingerprint density at radius 3 is 1.37 bits per heavy atom. The topological polar surface area (TPSA) is 264 Å². The van der Waals surface area contributed by atoms with Gasteiger partial charge in [0.05, 0.1) is 37.5 Å². The Morgan fingerprint density at radius 2 is 0.968 bits per heavy atom. The number of ether oxygens (including phenoxy) is 1. The Labute approximate surface area is 635 Å². The van der Waals surface area contributed by atoms with Gasteiger partial charge in [-0.05, 0) is 209 Å². The van der Waals surface area contributed by atoms with Crippen molar-refractivity contribution in [1.29, 1.82) is 0 Å². The first-order chi connectivity index (χ1) is 43.3. The summed E-state index contributed by atoms with van der Waals surface area (Å²) in [6.45, 7) is 12.3. The Kier molecular flexibility index (Phi) is 23.4. The van der Waals surface area contributed by atoms with Crippen LogP contribution in [0.25, 0.3) is 90.9 Å². The molecule has 3 fully saturated rings. The van der Waals surface area contributed by atoms with Crippen LogP contribution in [0.1, 0.15) is 128 Å². The smallest absolute Gasteiger partial charge is 0.744 e. The van der Waals surface area contributed by atoms with Gasteiger partial charge in [-0.25, -0.2) is 40.0 Å². The number of rotatable bonds is 14. The van der Waals surface area contributed by atoms with E-state index in [1.807, 2.05) is 24.3 Å². The van der Waals surface area contributed by atoms with Crippen molar-refractivity contribution in [2.24, 2.45) is 46.3 Å². The maximum absolute atomic E-state index is 13.9. The van der Waals surface area contributed by atoms with Gasteiger partial charge in [0.2, 0.25) is 0 Å². The van der Waals surface area contributed by atoms with Crippen LogP contribution in [-0.2, 0) is 54.6 Å². The van der Waals surface area contributed by atoms with Crippen molar-refractivity contribution in [3.63, 3.8) is 0 Å². The molecule has 472 valence electrons. The zero-order valence-electron chi connectivity index (χ0n) is 55.0. The van der Waals surface area contributed by atoms with Gasteiger partial charge in [-0.15, -0.1) is 22.1 Å². The molecule has 2 aliphatic heterocycles. The molecule has 23 heteroatoms. The predicted molar refractivity (Wildman–Crippen MR) is 349 cm³/mol. The van der Waals surface area contributed by atoms with Gasteiger partial charge in [-0.2, -0.15) is 0 Å². The third-order valence-electron chi connectivity index (χ3n) is 20.9. The van der Waals surface area contributed by atoms with Crippen LogP contribution in [0, 0.1) is 46.3 Å². The van der Waals surface area contributed by atoms with Crippen LogP contribution in [0.5, 0.6) is 0 Å². The van der Waals surface area contributed by atoms with Crippen molar-refractivity contribution in [2.75, 3.05) is 5.32 Å². The molecule has 8 atom stereocenters. The SMILES string of the molecule is CC(C)CCC[C@@H](C)[C@H]1CC[C@H]2[C@@H]3CC=C4C[C@@H](OC(=O)Nc5ccc(-c6c7nc(c(-c8ccc(S(=O)(=O)[O-])cc8)c8ccc([n-]8)c(-c8ccc(S(=O)(=O)[O-])cc8)c8nc(c(-c9ccc(S(=O)(=O)[O-])cc9)c9ccc6[n-]9)C=C8)C=C7)cc5)CC[C@]4(C)[C@H]3CC[C@]12C.[Na+].[Na+].[Na+].[Zn+2]. The Morgan fingerprint density at radius 1 is 0.558 bits per heavy atom. The minimum atomic E-state index is -4.82. The molecule has 0 spiro atoms. The zero-order chi connectivity index (χ0) is 63.9. The van der Waals surface area contributed by atoms with Crippen LogP contribution in [0.15, 0.2) is 148 Å². The molecule has 13 rings (SSSR count). The Bertz CT molecular complexity index is 4620. The van der Waals surface area contributed by atoms with E-state index in [4.69, 9.17) is 24.7 Å². The fraction of sp³-hybridized carbons (Fsp3) is 0.347. The number of allylic oxidation sites excluding steroid dienone is 1. The van der Waals surface area contributed by atoms with Crippen molar-refractivity contribution < 1.29 is 157 Å². The number of amides is 1. The molecular formula is C72H70N5Na3O11S3Zn. The third kappa shape index (κ3) is 15.2. The fourth-order valence-corrected chi connectivity index (χ4v) is 17.8. The molecule has 0 unspecified atom stereocenters. The van der Waals surface area contributed by atoms with Gasteiger partial charge >= 0.3 is 114 Å². The van der Waals surface area contributed by atoms with Crippen molar-refractivity contribution in [3.8, 4) is 44.5 Å². The van der Waals surface area contributed by atoms with Crippen LogP contribution in [0.2, 0.25) is 0 Å². The van der Waals surface area contributed by atoms with E-state index in [0.717, 1.165) is 49.4 Å². The average molecular weight is 1410 g/mol. The van der Waals surface area contributed by atoms with E-state index in [1.54, 1.807) is 48.6 Å². The number of hydrogen-bond acceptors (Lipinski definition) is 13. The molecule has 8 bridgehead atoms. The summed E-state index contributed by atoms with van der Waals surface area (Å²) in [5, 5.41) is 2.99. The Hall–Kier alpha value is -4.16. The number of nitrogens with zero attached hydrogens (tertiary/aromatic N) is 4. The number of nitrogens with one attached hydrogen (secondary N) is 1. The van der Waals surface area contributed by atoms with Gasteiger partial charge in [-0.3, -0.25) is 5.32 Å². The normalized spacial score (nSPS) is 22.3. The first kappa shape index (κ1) is 75.1. The molecule has 4 aliphatic carbocycles. The van der Waals surface area contributed by atoms with Crippen LogP contribution >= 0.6 is 0 Å². The van der Waals surface area contributed by atoms with Crippen molar-refractivity contribution >= 4 is 88.5 Å². The van der Waals surface area contributed by atoms with Crippen molar-refractivity contribution in [1.82, 2.24) is 19.9 Å². The molecule has 3 saturated carbocycles. The van der Waals surface area contributed by atoms with Crippen LogP contribution in [0.3, 0.4) is 0 Å². The number of carbonyl (C=O) groups excluding carboxylic acids is 1. The molecule has 16 nitrogen and oxygen atoms in total. The number of fused-ring (bicyclic) bond motifs is 13. The van der Waals surface area contributed by atoms with E-state index < -0.39 is 51.1 Å². The number of benzene rings is 4. The molecule has 1 amide bonds.